The summed E-state index contributed by atoms with van der Waals surface area (Å²) in [7, 11) is 0. The maximum absolute atomic E-state index is 13.0. The lowest BCUT2D eigenvalue weighted by atomic mass is 9.89. The molecule has 2 fully saturated rings. The van der Waals surface area contributed by atoms with Crippen LogP contribution in [0.5, 0.6) is 0 Å². The average molecular weight is 393 g/mol. The fourth-order valence-electron chi connectivity index (χ4n) is 5.67. The smallest absolute Gasteiger partial charge is 0.315 e. The number of quaternary nitrogens is 1. The quantitative estimate of drug-likeness (QED) is 0.507. The SMILES string of the molecule is CC(C)(C)OC(=O)C1C[C@@H]2CCCC[N@@+]2(C(c2ccccc2)c2ccccc2)C1. The van der Waals surface area contributed by atoms with E-state index in [1.807, 2.05) is 20.8 Å². The van der Waals surface area contributed by atoms with Gasteiger partial charge in [0.2, 0.25) is 0 Å². The van der Waals surface area contributed by atoms with E-state index in [4.69, 9.17) is 4.74 Å². The van der Waals surface area contributed by atoms with E-state index in [1.54, 1.807) is 0 Å². The summed E-state index contributed by atoms with van der Waals surface area (Å²) in [6, 6.07) is 22.6. The fourth-order valence-corrected chi connectivity index (χ4v) is 5.67. The minimum Gasteiger partial charge on any atom is -0.460 e. The first-order chi connectivity index (χ1) is 13.9. The second-order valence-corrected chi connectivity index (χ2v) is 9.85. The molecule has 2 saturated heterocycles. The number of nitrogens with zero attached hydrogens (tertiary/aromatic N) is 1. The molecule has 0 bridgehead atoms. The molecule has 0 amide bonds. The van der Waals surface area contributed by atoms with Crippen LogP contribution in [0.2, 0.25) is 0 Å². The monoisotopic (exact) mass is 392 g/mol. The molecule has 1 unspecified atom stereocenters. The largest absolute Gasteiger partial charge is 0.460 e. The molecular formula is C26H34NO2+. The zero-order valence-corrected chi connectivity index (χ0v) is 18.0. The molecule has 29 heavy (non-hydrogen) atoms. The average Bonchev–Trinajstić information content (AvgIpc) is 3.09. The van der Waals surface area contributed by atoms with E-state index in [2.05, 4.69) is 60.7 Å². The molecule has 0 radical (unpaired) electrons. The van der Waals surface area contributed by atoms with Crippen LogP contribution in [0.4, 0.5) is 0 Å². The molecule has 2 aliphatic heterocycles. The Kier molecular flexibility index (Phi) is 5.52. The van der Waals surface area contributed by atoms with Gasteiger partial charge in [-0.2, -0.15) is 0 Å². The summed E-state index contributed by atoms with van der Waals surface area (Å²) in [5.74, 6) is -0.0171. The Morgan fingerprint density at radius 2 is 1.55 bits per heavy atom. The summed E-state index contributed by atoms with van der Waals surface area (Å²) in [6.07, 6.45) is 4.65. The number of hydrogen-bond acceptors (Lipinski definition) is 2. The van der Waals surface area contributed by atoms with Gasteiger partial charge in [-0.3, -0.25) is 4.79 Å². The van der Waals surface area contributed by atoms with Crippen molar-refractivity contribution in [2.45, 2.75) is 64.1 Å². The lowest BCUT2D eigenvalue weighted by molar-refractivity contribution is -0.967. The molecule has 0 aromatic heterocycles. The lowest BCUT2D eigenvalue weighted by Crippen LogP contribution is -2.57. The minimum atomic E-state index is -0.427. The van der Waals surface area contributed by atoms with Crippen molar-refractivity contribution in [3.8, 4) is 0 Å². The number of benzene rings is 2. The highest BCUT2D eigenvalue weighted by Gasteiger charge is 2.55. The van der Waals surface area contributed by atoms with Gasteiger partial charge in [0, 0.05) is 17.5 Å². The number of esters is 1. The van der Waals surface area contributed by atoms with Gasteiger partial charge in [-0.05, 0) is 40.0 Å². The first kappa shape index (κ1) is 20.2. The van der Waals surface area contributed by atoms with Crippen molar-refractivity contribution < 1.29 is 14.0 Å². The molecule has 0 aliphatic carbocycles. The molecule has 3 nitrogen and oxygen atoms in total. The highest BCUT2D eigenvalue weighted by Crippen LogP contribution is 2.48. The Labute approximate surface area is 175 Å². The van der Waals surface area contributed by atoms with Crippen LogP contribution in [0.15, 0.2) is 60.7 Å². The van der Waals surface area contributed by atoms with Crippen molar-refractivity contribution in [3.05, 3.63) is 71.8 Å². The molecule has 3 atom stereocenters. The summed E-state index contributed by atoms with van der Waals surface area (Å²) in [5, 5.41) is 0. The van der Waals surface area contributed by atoms with Crippen molar-refractivity contribution in [2.75, 3.05) is 13.1 Å². The molecule has 0 N–H and O–H groups in total. The van der Waals surface area contributed by atoms with E-state index < -0.39 is 5.60 Å². The Bertz CT molecular complexity index is 787. The summed E-state index contributed by atoms with van der Waals surface area (Å²) in [4.78, 5) is 13.0. The highest BCUT2D eigenvalue weighted by atomic mass is 16.6. The molecule has 2 aromatic carbocycles. The third-order valence-corrected chi connectivity index (χ3v) is 6.69. The van der Waals surface area contributed by atoms with Gasteiger partial charge in [0.05, 0.1) is 19.1 Å². The van der Waals surface area contributed by atoms with E-state index in [9.17, 15) is 4.79 Å². The summed E-state index contributed by atoms with van der Waals surface area (Å²) in [5.41, 5.74) is 2.29. The first-order valence-electron chi connectivity index (χ1n) is 11.1. The van der Waals surface area contributed by atoms with Crippen molar-refractivity contribution >= 4 is 5.97 Å². The van der Waals surface area contributed by atoms with Gasteiger partial charge in [-0.25, -0.2) is 0 Å². The van der Waals surface area contributed by atoms with E-state index >= 15 is 0 Å². The number of hydrogen-bond donors (Lipinski definition) is 0. The fraction of sp³-hybridized carbons (Fsp3) is 0.500. The van der Waals surface area contributed by atoms with Crippen LogP contribution in [-0.4, -0.2) is 35.2 Å². The van der Waals surface area contributed by atoms with Gasteiger partial charge < -0.3 is 9.22 Å². The molecule has 3 heteroatoms. The number of piperidine rings is 1. The van der Waals surface area contributed by atoms with Crippen LogP contribution < -0.4 is 0 Å². The van der Waals surface area contributed by atoms with Crippen molar-refractivity contribution in [1.82, 2.24) is 0 Å². The van der Waals surface area contributed by atoms with Gasteiger partial charge in [-0.1, -0.05) is 60.7 Å². The zero-order chi connectivity index (χ0) is 20.5. The molecule has 2 aliphatic rings. The Balaban J connectivity index is 1.74. The zero-order valence-electron chi connectivity index (χ0n) is 18.0. The number of carbonyl (C=O) groups excluding carboxylic acids is 1. The topological polar surface area (TPSA) is 26.3 Å². The van der Waals surface area contributed by atoms with Crippen LogP contribution >= 0.6 is 0 Å². The Hall–Kier alpha value is -2.13. The van der Waals surface area contributed by atoms with Crippen molar-refractivity contribution in [2.24, 2.45) is 5.92 Å². The number of ether oxygens (including phenoxy) is 1. The summed E-state index contributed by atoms with van der Waals surface area (Å²) >= 11 is 0. The van der Waals surface area contributed by atoms with E-state index in [-0.39, 0.29) is 17.9 Å². The first-order valence-corrected chi connectivity index (χ1v) is 11.1. The van der Waals surface area contributed by atoms with E-state index in [0.29, 0.717) is 6.04 Å². The van der Waals surface area contributed by atoms with Crippen LogP contribution in [0.3, 0.4) is 0 Å². The summed E-state index contributed by atoms with van der Waals surface area (Å²) in [6.45, 7) is 7.92. The van der Waals surface area contributed by atoms with Crippen LogP contribution in [-0.2, 0) is 9.53 Å². The Morgan fingerprint density at radius 1 is 0.966 bits per heavy atom. The van der Waals surface area contributed by atoms with Crippen LogP contribution in [0, 0.1) is 5.92 Å². The van der Waals surface area contributed by atoms with Crippen molar-refractivity contribution in [3.63, 3.8) is 0 Å². The van der Waals surface area contributed by atoms with Gasteiger partial charge in [0.15, 0.2) is 0 Å². The highest BCUT2D eigenvalue weighted by molar-refractivity contribution is 5.73. The minimum absolute atomic E-state index is 0.00718. The number of fused-ring (bicyclic) bond motifs is 1. The third-order valence-electron chi connectivity index (χ3n) is 6.69. The molecular weight excluding hydrogens is 358 g/mol. The second-order valence-electron chi connectivity index (χ2n) is 9.85. The van der Waals surface area contributed by atoms with Gasteiger partial charge in [-0.15, -0.1) is 0 Å². The van der Waals surface area contributed by atoms with Crippen LogP contribution in [0.25, 0.3) is 0 Å². The second kappa shape index (κ2) is 7.95. The lowest BCUT2D eigenvalue weighted by Gasteiger charge is -2.49. The normalized spacial score (nSPS) is 26.9. The predicted octanol–water partition coefficient (Wildman–Crippen LogP) is 5.51. The van der Waals surface area contributed by atoms with Gasteiger partial charge in [0.1, 0.15) is 17.6 Å². The van der Waals surface area contributed by atoms with Crippen LogP contribution in [0.1, 0.15) is 63.6 Å². The number of rotatable bonds is 4. The predicted molar refractivity (Wildman–Crippen MR) is 116 cm³/mol. The molecule has 154 valence electrons. The van der Waals surface area contributed by atoms with E-state index in [0.717, 1.165) is 24.0 Å². The van der Waals surface area contributed by atoms with Gasteiger partial charge in [0.25, 0.3) is 0 Å². The number of carbonyl (C=O) groups is 1. The Morgan fingerprint density at radius 3 is 2.10 bits per heavy atom. The summed E-state index contributed by atoms with van der Waals surface area (Å²) < 4.78 is 6.81. The molecule has 0 saturated carbocycles. The maximum atomic E-state index is 13.0. The molecule has 0 spiro atoms. The molecule has 2 heterocycles. The molecule has 2 aromatic rings. The maximum Gasteiger partial charge on any atom is 0.315 e. The van der Waals surface area contributed by atoms with E-state index in [1.165, 1.54) is 30.4 Å². The third kappa shape index (κ3) is 4.11. The van der Waals surface area contributed by atoms with Crippen molar-refractivity contribution in [1.29, 1.82) is 0 Å². The van der Waals surface area contributed by atoms with Gasteiger partial charge >= 0.3 is 5.97 Å². The standard InChI is InChI=1S/C26H34NO2/c1-26(2,3)29-25(28)22-18-23-16-10-11-17-27(23,19-22)24(20-12-6-4-7-13-20)21-14-8-5-9-15-21/h4-9,12-15,22-24H,10-11,16-19H2,1-3H3/q+1/t22?,23-,27+/m0/s1. The molecule has 4 rings (SSSR count).